The zero-order chi connectivity index (χ0) is 12.1. The number of benzene rings is 2. The van der Waals surface area contributed by atoms with Gasteiger partial charge in [-0.25, -0.2) is 0 Å². The summed E-state index contributed by atoms with van der Waals surface area (Å²) in [6.45, 7) is 0. The fourth-order valence-corrected chi connectivity index (χ4v) is 1.56. The van der Waals surface area contributed by atoms with Gasteiger partial charge in [0.15, 0.2) is 0 Å². The van der Waals surface area contributed by atoms with Crippen LogP contribution in [0.25, 0.3) is 0 Å². The van der Waals surface area contributed by atoms with Crippen molar-refractivity contribution in [2.75, 3.05) is 0 Å². The Morgan fingerprint density at radius 2 is 1.00 bits per heavy atom. The van der Waals surface area contributed by atoms with Crippen molar-refractivity contribution in [1.82, 2.24) is 4.67 Å². The maximum atomic E-state index is 5.79. The topological polar surface area (TPSA) is 14.1 Å². The van der Waals surface area contributed by atoms with E-state index >= 15 is 0 Å². The number of hydrogen-bond acceptors (Lipinski definition) is 0. The van der Waals surface area contributed by atoms with E-state index in [1.165, 1.54) is 0 Å². The normalized spacial score (nSPS) is 9.53. The second-order valence-electron chi connectivity index (χ2n) is 3.51. The Hall–Kier alpha value is -1.53. The highest BCUT2D eigenvalue weighted by molar-refractivity contribution is 6.30. The van der Waals surface area contributed by atoms with E-state index in [1.54, 1.807) is 12.4 Å². The first kappa shape index (κ1) is 11.9. The predicted molar refractivity (Wildman–Crippen MR) is 75.4 cm³/mol. The molecule has 0 heterocycles. The molecule has 2 aromatic carbocycles. The van der Waals surface area contributed by atoms with Gasteiger partial charge in [-0.05, 0) is 48.5 Å². The molecule has 0 saturated heterocycles. The standard InChI is InChI=1S/C14H10Cl2N/c15-13-5-1-11(2-6-13)9-17-10-12-3-7-14(16)8-4-12/h1-10H/q+1. The Morgan fingerprint density at radius 3 is 1.35 bits per heavy atom. The van der Waals surface area contributed by atoms with Crippen LogP contribution in [0, 0.1) is 0 Å². The van der Waals surface area contributed by atoms with Crippen LogP contribution in [0.3, 0.4) is 0 Å². The summed E-state index contributed by atoms with van der Waals surface area (Å²) in [5, 5.41) is 1.45. The molecule has 0 amide bonds. The summed E-state index contributed by atoms with van der Waals surface area (Å²) in [6.07, 6.45) is 3.57. The first-order valence-corrected chi connectivity index (χ1v) is 5.87. The molecule has 0 aromatic heterocycles. The molecule has 0 aliphatic carbocycles. The van der Waals surface area contributed by atoms with Gasteiger partial charge in [-0.15, -0.1) is 0 Å². The van der Waals surface area contributed by atoms with Crippen LogP contribution < -0.4 is 4.67 Å². The van der Waals surface area contributed by atoms with Crippen LogP contribution in [0.1, 0.15) is 11.1 Å². The summed E-state index contributed by atoms with van der Waals surface area (Å²) in [6, 6.07) is 15.0. The zero-order valence-corrected chi connectivity index (χ0v) is 10.5. The Bertz CT molecular complexity index is 500. The van der Waals surface area contributed by atoms with Crippen molar-refractivity contribution in [2.24, 2.45) is 0 Å². The van der Waals surface area contributed by atoms with Crippen molar-refractivity contribution in [3.63, 3.8) is 0 Å². The molecule has 2 aromatic rings. The first-order valence-electron chi connectivity index (χ1n) is 5.11. The summed E-state index contributed by atoms with van der Waals surface area (Å²) in [7, 11) is 0. The number of halogens is 2. The van der Waals surface area contributed by atoms with E-state index in [1.807, 2.05) is 48.5 Å². The van der Waals surface area contributed by atoms with Crippen LogP contribution >= 0.6 is 23.2 Å². The van der Waals surface area contributed by atoms with E-state index < -0.39 is 0 Å². The molecule has 0 N–H and O–H groups in total. The van der Waals surface area contributed by atoms with Crippen LogP contribution in [0.5, 0.6) is 0 Å². The number of rotatable bonds is 2. The zero-order valence-electron chi connectivity index (χ0n) is 8.98. The molecule has 0 unspecified atom stereocenters. The third-order valence-electron chi connectivity index (χ3n) is 2.19. The highest BCUT2D eigenvalue weighted by Crippen LogP contribution is 2.08. The van der Waals surface area contributed by atoms with Gasteiger partial charge < -0.3 is 0 Å². The fraction of sp³-hybridized carbons (Fsp3) is 0. The lowest BCUT2D eigenvalue weighted by Crippen LogP contribution is -1.88. The van der Waals surface area contributed by atoms with Crippen molar-refractivity contribution in [2.45, 2.75) is 0 Å². The van der Waals surface area contributed by atoms with E-state index in [-0.39, 0.29) is 0 Å². The van der Waals surface area contributed by atoms with E-state index in [4.69, 9.17) is 23.2 Å². The van der Waals surface area contributed by atoms with E-state index in [0.29, 0.717) is 0 Å². The molecule has 0 bridgehead atoms. The molecule has 0 radical (unpaired) electrons. The molecule has 3 heteroatoms. The lowest BCUT2D eigenvalue weighted by atomic mass is 10.2. The van der Waals surface area contributed by atoms with Gasteiger partial charge in [0.25, 0.3) is 12.4 Å². The Balaban J connectivity index is 2.14. The molecule has 84 valence electrons. The average molecular weight is 263 g/mol. The summed E-state index contributed by atoms with van der Waals surface area (Å²) in [4.78, 5) is 0. The third-order valence-corrected chi connectivity index (χ3v) is 2.69. The van der Waals surface area contributed by atoms with Crippen molar-refractivity contribution in [3.05, 3.63) is 69.7 Å². The minimum Gasteiger partial charge on any atom is -0.0996 e. The predicted octanol–water partition coefficient (Wildman–Crippen LogP) is 3.60. The fourth-order valence-electron chi connectivity index (χ4n) is 1.31. The van der Waals surface area contributed by atoms with Gasteiger partial charge in [-0.2, -0.15) is 0 Å². The van der Waals surface area contributed by atoms with Crippen molar-refractivity contribution < 1.29 is 0 Å². The quantitative estimate of drug-likeness (QED) is 0.580. The smallest absolute Gasteiger partial charge is 0.0996 e. The summed E-state index contributed by atoms with van der Waals surface area (Å²) < 4.78 is 4.24. The average Bonchev–Trinajstić information content (AvgIpc) is 2.34. The molecule has 1 nitrogen and oxygen atoms in total. The Kier molecular flexibility index (Phi) is 4.00. The second kappa shape index (κ2) is 5.70. The lowest BCUT2D eigenvalue weighted by molar-refractivity contribution is 1.60. The number of hydrogen-bond donors (Lipinski definition) is 0. The van der Waals surface area contributed by atoms with Gasteiger partial charge in [-0.3, -0.25) is 0 Å². The maximum absolute atomic E-state index is 5.79. The van der Waals surface area contributed by atoms with Crippen LogP contribution in [-0.4, -0.2) is 12.4 Å². The minimum atomic E-state index is 0.726. The SMILES string of the molecule is Clc1ccc(C=[N+]=Cc2ccc(Cl)cc2)cc1. The first-order chi connectivity index (χ1) is 8.24. The van der Waals surface area contributed by atoms with Crippen LogP contribution in [0.2, 0.25) is 10.0 Å². The maximum Gasteiger partial charge on any atom is 0.299 e. The summed E-state index contributed by atoms with van der Waals surface area (Å²) in [5.74, 6) is 0. The molecule has 0 aliphatic heterocycles. The lowest BCUT2D eigenvalue weighted by Gasteiger charge is -1.87. The highest BCUT2D eigenvalue weighted by Gasteiger charge is 1.95. The van der Waals surface area contributed by atoms with Crippen LogP contribution in [0.4, 0.5) is 0 Å². The van der Waals surface area contributed by atoms with Gasteiger partial charge in [0, 0.05) is 10.0 Å². The third kappa shape index (κ3) is 3.76. The van der Waals surface area contributed by atoms with Gasteiger partial charge in [0.2, 0.25) is 0 Å². The van der Waals surface area contributed by atoms with Crippen molar-refractivity contribution in [1.29, 1.82) is 0 Å². The molecule has 0 fully saturated rings. The molecule has 2 rings (SSSR count). The van der Waals surface area contributed by atoms with E-state index in [9.17, 15) is 0 Å². The second-order valence-corrected chi connectivity index (χ2v) is 4.38. The van der Waals surface area contributed by atoms with Gasteiger partial charge in [0.1, 0.15) is 0 Å². The van der Waals surface area contributed by atoms with Crippen LogP contribution in [-0.2, 0) is 0 Å². The molecule has 0 spiro atoms. The minimum absolute atomic E-state index is 0.726. The molecule has 0 saturated carbocycles. The molecular formula is C14H10Cl2N+. The van der Waals surface area contributed by atoms with E-state index in [2.05, 4.69) is 4.67 Å². The molecule has 0 aliphatic rings. The molecular weight excluding hydrogens is 253 g/mol. The van der Waals surface area contributed by atoms with Crippen LogP contribution in [0.15, 0.2) is 48.5 Å². The molecule has 17 heavy (non-hydrogen) atoms. The van der Waals surface area contributed by atoms with Gasteiger partial charge >= 0.3 is 0 Å². The van der Waals surface area contributed by atoms with Gasteiger partial charge in [-0.1, -0.05) is 27.9 Å². The largest absolute Gasteiger partial charge is 0.299 e. The Labute approximate surface area is 110 Å². The van der Waals surface area contributed by atoms with Crippen molar-refractivity contribution in [3.8, 4) is 0 Å². The van der Waals surface area contributed by atoms with E-state index in [0.717, 1.165) is 21.2 Å². The van der Waals surface area contributed by atoms with Gasteiger partial charge in [0.05, 0.1) is 11.1 Å². The summed E-state index contributed by atoms with van der Waals surface area (Å²) in [5.41, 5.74) is 2.03. The molecule has 0 atom stereocenters. The Morgan fingerprint density at radius 1 is 0.647 bits per heavy atom. The number of nitrogens with zero attached hydrogens (tertiary/aromatic N) is 1. The monoisotopic (exact) mass is 262 g/mol. The van der Waals surface area contributed by atoms with Crippen molar-refractivity contribution >= 4 is 35.6 Å². The summed E-state index contributed by atoms with van der Waals surface area (Å²) >= 11 is 11.6. The highest BCUT2D eigenvalue weighted by atomic mass is 35.5.